The summed E-state index contributed by atoms with van der Waals surface area (Å²) in [6, 6.07) is 25.7. The Morgan fingerprint density at radius 3 is 2.58 bits per heavy atom. The van der Waals surface area contributed by atoms with E-state index in [0.29, 0.717) is 48.1 Å². The van der Waals surface area contributed by atoms with E-state index in [9.17, 15) is 4.79 Å². The molecule has 0 aliphatic rings. The summed E-state index contributed by atoms with van der Waals surface area (Å²) in [6.45, 7) is 0.644. The van der Waals surface area contributed by atoms with Gasteiger partial charge in [0.05, 0.1) is 23.4 Å². The number of pyridine rings is 1. The van der Waals surface area contributed by atoms with Gasteiger partial charge in [-0.3, -0.25) is 0 Å². The van der Waals surface area contributed by atoms with Crippen molar-refractivity contribution in [2.24, 2.45) is 0 Å². The third-order valence-electron chi connectivity index (χ3n) is 5.36. The van der Waals surface area contributed by atoms with Crippen LogP contribution in [-0.2, 0) is 13.0 Å². The first-order valence-corrected chi connectivity index (χ1v) is 11.5. The summed E-state index contributed by atoms with van der Waals surface area (Å²) in [5, 5.41) is 14.9. The number of para-hydroxylation sites is 1. The summed E-state index contributed by atoms with van der Waals surface area (Å²) < 4.78 is 17.6. The van der Waals surface area contributed by atoms with E-state index < -0.39 is 5.97 Å². The highest BCUT2D eigenvalue weighted by Gasteiger charge is 2.14. The van der Waals surface area contributed by atoms with E-state index >= 15 is 0 Å². The van der Waals surface area contributed by atoms with Gasteiger partial charge in [-0.1, -0.05) is 47.7 Å². The zero-order valence-electron chi connectivity index (χ0n) is 19.3. The molecule has 0 aliphatic heterocycles. The second-order valence-electron chi connectivity index (χ2n) is 7.93. The highest BCUT2D eigenvalue weighted by molar-refractivity contribution is 5.91. The van der Waals surface area contributed by atoms with E-state index in [1.165, 1.54) is 0 Å². The fraction of sp³-hybridized carbons (Fsp3) is 0.148. The van der Waals surface area contributed by atoms with Crippen molar-refractivity contribution in [3.8, 4) is 17.2 Å². The molecule has 0 bridgehead atoms. The van der Waals surface area contributed by atoms with Gasteiger partial charge in [0.2, 0.25) is 0 Å². The monoisotopic (exact) mass is 481 g/mol. The zero-order valence-corrected chi connectivity index (χ0v) is 19.3. The summed E-state index contributed by atoms with van der Waals surface area (Å²) in [7, 11) is 0. The predicted octanol–water partition coefficient (Wildman–Crippen LogP) is 4.56. The van der Waals surface area contributed by atoms with Crippen LogP contribution >= 0.6 is 0 Å². The number of ether oxygens (including phenoxy) is 3. The molecule has 0 saturated carbocycles. The molecule has 5 aromatic rings. The summed E-state index contributed by atoms with van der Waals surface area (Å²) in [5.74, 6) is 1.42. The number of aromatic amines is 1. The molecular formula is C27H23N5O4. The number of hydrogen-bond donors (Lipinski definition) is 1. The molecule has 9 heteroatoms. The average molecular weight is 482 g/mol. The first-order chi connectivity index (χ1) is 17.7. The molecule has 0 amide bonds. The van der Waals surface area contributed by atoms with Gasteiger partial charge in [0.15, 0.2) is 17.3 Å². The van der Waals surface area contributed by atoms with E-state index in [1.807, 2.05) is 42.5 Å². The number of tetrazole rings is 1. The van der Waals surface area contributed by atoms with E-state index in [4.69, 9.17) is 14.2 Å². The summed E-state index contributed by atoms with van der Waals surface area (Å²) in [5.41, 5.74) is 2.08. The Morgan fingerprint density at radius 1 is 0.861 bits per heavy atom. The lowest BCUT2D eigenvalue weighted by molar-refractivity contribution is 0.0727. The van der Waals surface area contributed by atoms with Gasteiger partial charge in [0.25, 0.3) is 0 Å². The highest BCUT2D eigenvalue weighted by Crippen LogP contribution is 2.33. The number of aromatic nitrogens is 5. The summed E-state index contributed by atoms with van der Waals surface area (Å²) in [6.07, 6.45) is 1.35. The van der Waals surface area contributed by atoms with Gasteiger partial charge in [0, 0.05) is 17.9 Å². The van der Waals surface area contributed by atoms with Crippen LogP contribution < -0.4 is 14.2 Å². The number of carbonyl (C=O) groups excluding carboxylic acids is 1. The maximum atomic E-state index is 12.7. The maximum absolute atomic E-state index is 12.7. The average Bonchev–Trinajstić information content (AvgIpc) is 3.45. The number of fused-ring (bicyclic) bond motifs is 1. The predicted molar refractivity (Wildman–Crippen MR) is 132 cm³/mol. The standard InChI is InChI=1S/C27H23N5O4/c33-27(20-8-2-1-3-9-20)36-24-15-14-22(34-16-6-11-26-29-31-32-30-26)17-25(24)35-18-21-13-12-19-7-4-5-10-23(19)28-21/h1-5,7-10,12-15,17H,6,11,16,18H2,(H,29,30,31,32). The highest BCUT2D eigenvalue weighted by atomic mass is 16.6. The molecule has 0 aliphatic carbocycles. The molecule has 2 aromatic heterocycles. The second-order valence-corrected chi connectivity index (χ2v) is 7.93. The van der Waals surface area contributed by atoms with Crippen LogP contribution in [0.25, 0.3) is 10.9 Å². The van der Waals surface area contributed by atoms with Crippen LogP contribution in [-0.4, -0.2) is 38.2 Å². The van der Waals surface area contributed by atoms with Crippen molar-refractivity contribution in [3.05, 3.63) is 102 Å². The fourth-order valence-corrected chi connectivity index (χ4v) is 3.56. The third kappa shape index (κ3) is 5.82. The molecule has 0 atom stereocenters. The van der Waals surface area contributed by atoms with Crippen molar-refractivity contribution in [3.63, 3.8) is 0 Å². The van der Waals surface area contributed by atoms with E-state index in [0.717, 1.165) is 16.6 Å². The van der Waals surface area contributed by atoms with Crippen molar-refractivity contribution < 1.29 is 19.0 Å². The van der Waals surface area contributed by atoms with Gasteiger partial charge in [-0.15, -0.1) is 10.2 Å². The first kappa shape index (κ1) is 23.0. The molecule has 1 N–H and O–H groups in total. The second kappa shape index (κ2) is 11.1. The van der Waals surface area contributed by atoms with Crippen molar-refractivity contribution in [1.82, 2.24) is 25.6 Å². The molecule has 0 unspecified atom stereocenters. The molecule has 180 valence electrons. The minimum absolute atomic E-state index is 0.196. The molecule has 0 saturated heterocycles. The molecule has 36 heavy (non-hydrogen) atoms. The van der Waals surface area contributed by atoms with Gasteiger partial charge in [0.1, 0.15) is 12.4 Å². The minimum Gasteiger partial charge on any atom is -0.493 e. The zero-order chi connectivity index (χ0) is 24.6. The van der Waals surface area contributed by atoms with Crippen LogP contribution in [0.1, 0.15) is 28.3 Å². The van der Waals surface area contributed by atoms with E-state index in [2.05, 4.69) is 25.6 Å². The van der Waals surface area contributed by atoms with Gasteiger partial charge in [-0.25, -0.2) is 9.78 Å². The number of rotatable bonds is 10. The van der Waals surface area contributed by atoms with Crippen LogP contribution in [0.3, 0.4) is 0 Å². The Kier molecular flexibility index (Phi) is 7.08. The van der Waals surface area contributed by atoms with Gasteiger partial charge in [-0.2, -0.15) is 5.21 Å². The lowest BCUT2D eigenvalue weighted by atomic mass is 10.2. The normalized spacial score (nSPS) is 10.8. The first-order valence-electron chi connectivity index (χ1n) is 11.5. The van der Waals surface area contributed by atoms with Crippen molar-refractivity contribution >= 4 is 16.9 Å². The number of hydrogen-bond acceptors (Lipinski definition) is 8. The minimum atomic E-state index is -0.474. The summed E-state index contributed by atoms with van der Waals surface area (Å²) in [4.78, 5) is 17.3. The fourth-order valence-electron chi connectivity index (χ4n) is 3.56. The molecule has 0 spiro atoms. The van der Waals surface area contributed by atoms with Crippen LogP contribution in [0, 0.1) is 0 Å². The molecule has 0 fully saturated rings. The lowest BCUT2D eigenvalue weighted by Gasteiger charge is -2.14. The Hall–Kier alpha value is -4.79. The number of carbonyl (C=O) groups is 1. The van der Waals surface area contributed by atoms with Gasteiger partial charge < -0.3 is 14.2 Å². The van der Waals surface area contributed by atoms with Crippen molar-refractivity contribution in [2.75, 3.05) is 6.61 Å². The molecule has 0 radical (unpaired) electrons. The van der Waals surface area contributed by atoms with Crippen molar-refractivity contribution in [2.45, 2.75) is 19.4 Å². The number of esters is 1. The van der Waals surface area contributed by atoms with Crippen LogP contribution in [0.4, 0.5) is 0 Å². The number of benzene rings is 3. The van der Waals surface area contributed by atoms with E-state index in [1.54, 1.807) is 42.5 Å². The molecule has 3 aromatic carbocycles. The number of nitrogens with one attached hydrogen (secondary N) is 1. The number of H-pyrrole nitrogens is 1. The largest absolute Gasteiger partial charge is 0.493 e. The topological polar surface area (TPSA) is 112 Å². The van der Waals surface area contributed by atoms with E-state index in [-0.39, 0.29) is 6.61 Å². The van der Waals surface area contributed by atoms with Crippen LogP contribution in [0.2, 0.25) is 0 Å². The molecule has 5 rings (SSSR count). The van der Waals surface area contributed by atoms with Gasteiger partial charge >= 0.3 is 5.97 Å². The Bertz CT molecular complexity index is 1440. The van der Waals surface area contributed by atoms with Crippen molar-refractivity contribution in [1.29, 1.82) is 0 Å². The Balaban J connectivity index is 1.30. The number of aryl methyl sites for hydroxylation is 1. The number of nitrogens with zero attached hydrogens (tertiary/aromatic N) is 4. The molecule has 2 heterocycles. The smallest absolute Gasteiger partial charge is 0.343 e. The maximum Gasteiger partial charge on any atom is 0.343 e. The SMILES string of the molecule is O=C(Oc1ccc(OCCCc2nn[nH]n2)cc1OCc1ccc2ccccc2n1)c1ccccc1. The van der Waals surface area contributed by atoms with Gasteiger partial charge in [-0.05, 0) is 42.8 Å². The Labute approximate surface area is 207 Å². The molecule has 9 nitrogen and oxygen atoms in total. The van der Waals surface area contributed by atoms with Crippen LogP contribution in [0.5, 0.6) is 17.2 Å². The molecular weight excluding hydrogens is 458 g/mol. The lowest BCUT2D eigenvalue weighted by Crippen LogP contribution is -2.10. The summed E-state index contributed by atoms with van der Waals surface area (Å²) >= 11 is 0. The Morgan fingerprint density at radius 2 is 1.72 bits per heavy atom. The van der Waals surface area contributed by atoms with Crippen LogP contribution in [0.15, 0.2) is 84.9 Å². The third-order valence-corrected chi connectivity index (χ3v) is 5.36. The quantitative estimate of drug-likeness (QED) is 0.176.